The minimum atomic E-state index is -0.545. The Kier molecular flexibility index (Phi) is 4.39. The van der Waals surface area contributed by atoms with Gasteiger partial charge in [-0.05, 0) is 58.1 Å². The molecule has 2 rings (SSSR count). The third-order valence-corrected chi connectivity index (χ3v) is 3.46. The summed E-state index contributed by atoms with van der Waals surface area (Å²) < 4.78 is 5.32. The van der Waals surface area contributed by atoms with E-state index in [0.29, 0.717) is 11.5 Å². The van der Waals surface area contributed by atoms with E-state index >= 15 is 0 Å². The summed E-state index contributed by atoms with van der Waals surface area (Å²) in [5.41, 5.74) is 6.69. The zero-order valence-corrected chi connectivity index (χ0v) is 13.5. The van der Waals surface area contributed by atoms with E-state index in [4.69, 9.17) is 10.5 Å². The number of ether oxygens (including phenoxy) is 1. The number of nitrogens with two attached hydrogens (primary N) is 1. The zero-order valence-electron chi connectivity index (χ0n) is 13.5. The number of nitrogens with zero attached hydrogens (tertiary/aromatic N) is 1. The van der Waals surface area contributed by atoms with Gasteiger partial charge < -0.3 is 15.8 Å². The summed E-state index contributed by atoms with van der Waals surface area (Å²) in [5, 5.41) is 2.90. The maximum Gasteiger partial charge on any atom is 0.408 e. The monoisotopic (exact) mass is 305 g/mol. The molecule has 6 heteroatoms. The van der Waals surface area contributed by atoms with E-state index in [-0.39, 0.29) is 6.04 Å². The van der Waals surface area contributed by atoms with Crippen LogP contribution in [0.15, 0.2) is 12.3 Å². The lowest BCUT2D eigenvalue weighted by molar-refractivity contribution is 0.0495. The Morgan fingerprint density at radius 1 is 1.41 bits per heavy atom. The summed E-state index contributed by atoms with van der Waals surface area (Å²) >= 11 is 0. The normalized spacial score (nSPS) is 16.0. The molecule has 0 radical (unpaired) electrons. The predicted molar refractivity (Wildman–Crippen MR) is 82.3 cm³/mol. The fraction of sp³-hybridized carbons (Fsp3) is 0.562. The Balaban J connectivity index is 2.18. The van der Waals surface area contributed by atoms with E-state index in [2.05, 4.69) is 10.3 Å². The maximum atomic E-state index is 12.0. The first kappa shape index (κ1) is 16.3. The molecule has 1 fully saturated rings. The van der Waals surface area contributed by atoms with E-state index in [9.17, 15) is 9.59 Å². The van der Waals surface area contributed by atoms with E-state index in [1.807, 2.05) is 27.7 Å². The molecular weight excluding hydrogens is 282 g/mol. The third kappa shape index (κ3) is 4.19. The number of carbonyl (C=O) groups excluding carboxylic acids is 2. The molecule has 1 aromatic heterocycles. The van der Waals surface area contributed by atoms with Crippen LogP contribution in [0.4, 0.5) is 4.79 Å². The van der Waals surface area contributed by atoms with Gasteiger partial charge in [0.05, 0.1) is 17.3 Å². The van der Waals surface area contributed by atoms with E-state index < -0.39 is 17.6 Å². The molecule has 0 bridgehead atoms. The van der Waals surface area contributed by atoms with E-state index in [1.165, 1.54) is 6.20 Å². The van der Waals surface area contributed by atoms with Gasteiger partial charge in [0.2, 0.25) is 5.91 Å². The molecule has 1 aliphatic carbocycles. The van der Waals surface area contributed by atoms with Crippen molar-refractivity contribution in [3.8, 4) is 0 Å². The van der Waals surface area contributed by atoms with Crippen molar-refractivity contribution < 1.29 is 14.3 Å². The fourth-order valence-electron chi connectivity index (χ4n) is 2.32. The molecule has 0 aromatic carbocycles. The zero-order chi connectivity index (χ0) is 16.5. The average molecular weight is 305 g/mol. The van der Waals surface area contributed by atoms with Gasteiger partial charge in [0.1, 0.15) is 5.60 Å². The first-order chi connectivity index (χ1) is 10.2. The summed E-state index contributed by atoms with van der Waals surface area (Å²) in [5.74, 6) is -0.150. The minimum Gasteiger partial charge on any atom is -0.444 e. The Bertz CT molecular complexity index is 589. The van der Waals surface area contributed by atoms with Gasteiger partial charge >= 0.3 is 6.09 Å². The lowest BCUT2D eigenvalue weighted by Crippen LogP contribution is -2.36. The van der Waals surface area contributed by atoms with Crippen molar-refractivity contribution in [2.75, 3.05) is 0 Å². The molecule has 6 nitrogen and oxygen atoms in total. The lowest BCUT2D eigenvalue weighted by Gasteiger charge is -2.24. The molecule has 2 amide bonds. The van der Waals surface area contributed by atoms with Crippen molar-refractivity contribution in [3.63, 3.8) is 0 Å². The number of hydrogen-bond donors (Lipinski definition) is 2. The van der Waals surface area contributed by atoms with Crippen LogP contribution in [0.3, 0.4) is 0 Å². The van der Waals surface area contributed by atoms with Crippen LogP contribution in [0, 0.1) is 12.8 Å². The number of aryl methyl sites for hydroxylation is 1. The third-order valence-electron chi connectivity index (χ3n) is 3.46. The summed E-state index contributed by atoms with van der Waals surface area (Å²) in [4.78, 5) is 27.6. The molecule has 120 valence electrons. The van der Waals surface area contributed by atoms with Crippen molar-refractivity contribution in [2.24, 2.45) is 11.7 Å². The fourth-order valence-corrected chi connectivity index (χ4v) is 2.32. The van der Waals surface area contributed by atoms with Crippen LogP contribution < -0.4 is 11.1 Å². The minimum absolute atomic E-state index is 0.197. The summed E-state index contributed by atoms with van der Waals surface area (Å²) in [7, 11) is 0. The molecule has 0 saturated heterocycles. The van der Waals surface area contributed by atoms with Gasteiger partial charge in [-0.1, -0.05) is 0 Å². The van der Waals surface area contributed by atoms with Gasteiger partial charge in [0.15, 0.2) is 0 Å². The Morgan fingerprint density at radius 3 is 2.50 bits per heavy atom. The van der Waals surface area contributed by atoms with Crippen molar-refractivity contribution in [3.05, 3.63) is 29.1 Å². The topological polar surface area (TPSA) is 94.3 Å². The molecule has 1 aliphatic rings. The molecule has 1 heterocycles. The molecule has 1 saturated carbocycles. The van der Waals surface area contributed by atoms with Crippen LogP contribution in [0.2, 0.25) is 0 Å². The number of carbonyl (C=O) groups is 2. The van der Waals surface area contributed by atoms with Crippen LogP contribution in [0.5, 0.6) is 0 Å². The highest BCUT2D eigenvalue weighted by atomic mass is 16.6. The molecule has 22 heavy (non-hydrogen) atoms. The second kappa shape index (κ2) is 5.94. The van der Waals surface area contributed by atoms with Gasteiger partial charge in [-0.3, -0.25) is 9.78 Å². The number of nitrogens with one attached hydrogen (secondary N) is 1. The molecular formula is C16H23N3O3. The van der Waals surface area contributed by atoms with Crippen molar-refractivity contribution in [1.82, 2.24) is 10.3 Å². The van der Waals surface area contributed by atoms with Crippen molar-refractivity contribution in [2.45, 2.75) is 52.2 Å². The largest absolute Gasteiger partial charge is 0.444 e. The number of pyridine rings is 1. The first-order valence-corrected chi connectivity index (χ1v) is 7.43. The molecule has 3 N–H and O–H groups in total. The Labute approximate surface area is 130 Å². The second-order valence-electron chi connectivity index (χ2n) is 6.75. The van der Waals surface area contributed by atoms with Crippen LogP contribution in [-0.2, 0) is 4.74 Å². The average Bonchev–Trinajstić information content (AvgIpc) is 3.18. The lowest BCUT2D eigenvalue weighted by atomic mass is 10.0. The predicted octanol–water partition coefficient (Wildman–Crippen LogP) is 2.46. The van der Waals surface area contributed by atoms with Gasteiger partial charge in [-0.15, -0.1) is 0 Å². The molecule has 1 unspecified atom stereocenters. The number of aromatic nitrogens is 1. The summed E-state index contributed by atoms with van der Waals surface area (Å²) in [6.07, 6.45) is 3.08. The standard InChI is InChI=1S/C16H23N3O3/c1-9-7-11(14(17)20)8-18-12(9)13(10-5-6-10)19-15(21)22-16(2,3)4/h7-8,10,13H,5-6H2,1-4H3,(H2,17,20)(H,19,21). The van der Waals surface area contributed by atoms with Gasteiger partial charge in [0.25, 0.3) is 0 Å². The van der Waals surface area contributed by atoms with Gasteiger partial charge in [0, 0.05) is 6.20 Å². The SMILES string of the molecule is Cc1cc(C(N)=O)cnc1C(NC(=O)OC(C)(C)C)C1CC1. The van der Waals surface area contributed by atoms with Crippen molar-refractivity contribution >= 4 is 12.0 Å². The van der Waals surface area contributed by atoms with Crippen molar-refractivity contribution in [1.29, 1.82) is 0 Å². The highest BCUT2D eigenvalue weighted by Gasteiger charge is 2.36. The quantitative estimate of drug-likeness (QED) is 0.893. The molecule has 1 atom stereocenters. The van der Waals surface area contributed by atoms with E-state index in [1.54, 1.807) is 6.07 Å². The molecule has 1 aromatic rings. The number of primary amides is 1. The number of alkyl carbamates (subject to hydrolysis) is 1. The van der Waals surface area contributed by atoms with E-state index in [0.717, 1.165) is 24.1 Å². The molecule has 0 spiro atoms. The molecule has 0 aliphatic heterocycles. The Hall–Kier alpha value is -2.11. The van der Waals surface area contributed by atoms with Gasteiger partial charge in [-0.2, -0.15) is 0 Å². The number of rotatable bonds is 4. The van der Waals surface area contributed by atoms with Crippen LogP contribution in [0.25, 0.3) is 0 Å². The second-order valence-corrected chi connectivity index (χ2v) is 6.75. The summed E-state index contributed by atoms with van der Waals surface area (Å²) in [6, 6.07) is 1.51. The number of hydrogen-bond acceptors (Lipinski definition) is 4. The highest BCUT2D eigenvalue weighted by molar-refractivity contribution is 5.92. The highest BCUT2D eigenvalue weighted by Crippen LogP contribution is 2.41. The van der Waals surface area contributed by atoms with Gasteiger partial charge in [-0.25, -0.2) is 4.79 Å². The Morgan fingerprint density at radius 2 is 2.05 bits per heavy atom. The first-order valence-electron chi connectivity index (χ1n) is 7.43. The summed E-state index contributed by atoms with van der Waals surface area (Å²) in [6.45, 7) is 7.33. The number of amides is 2. The maximum absolute atomic E-state index is 12.0. The van der Waals surface area contributed by atoms with Crippen LogP contribution in [0.1, 0.15) is 61.3 Å². The smallest absolute Gasteiger partial charge is 0.408 e. The van der Waals surface area contributed by atoms with Crippen LogP contribution >= 0.6 is 0 Å². The van der Waals surface area contributed by atoms with Crippen LogP contribution in [-0.4, -0.2) is 22.6 Å².